The van der Waals surface area contributed by atoms with Crippen LogP contribution in [0.15, 0.2) is 48.5 Å². The molecule has 2 aliphatic rings. The van der Waals surface area contributed by atoms with Crippen molar-refractivity contribution in [2.75, 3.05) is 0 Å². The van der Waals surface area contributed by atoms with Crippen molar-refractivity contribution in [1.82, 2.24) is 0 Å². The molecule has 0 saturated carbocycles. The Balaban J connectivity index is 1.90. The van der Waals surface area contributed by atoms with Gasteiger partial charge in [0.2, 0.25) is 0 Å². The second-order valence-electron chi connectivity index (χ2n) is 8.60. The lowest BCUT2D eigenvalue weighted by Crippen LogP contribution is -2.33. The van der Waals surface area contributed by atoms with Crippen LogP contribution in [0.2, 0.25) is 0 Å². The third-order valence-electron chi connectivity index (χ3n) is 5.68. The number of carbonyl (C=O) groups is 1. The number of rotatable bonds is 0. The van der Waals surface area contributed by atoms with E-state index in [0.29, 0.717) is 16.7 Å². The summed E-state index contributed by atoms with van der Waals surface area (Å²) in [6, 6.07) is 11.8. The Bertz CT molecular complexity index is 1240. The molecule has 0 aliphatic carbocycles. The molecule has 30 heavy (non-hydrogen) atoms. The number of hydrogen-bond acceptors (Lipinski definition) is 4. The third-order valence-corrected chi connectivity index (χ3v) is 5.68. The van der Waals surface area contributed by atoms with Gasteiger partial charge in [0.05, 0.1) is 16.7 Å². The molecule has 1 unspecified atom stereocenters. The van der Waals surface area contributed by atoms with Gasteiger partial charge in [0, 0.05) is 11.6 Å². The van der Waals surface area contributed by atoms with Gasteiger partial charge >= 0.3 is 5.97 Å². The number of carbonyl (C=O) groups excluding carboxylic acids is 1. The topological polar surface area (TPSA) is 55.8 Å². The second-order valence-corrected chi connectivity index (χ2v) is 8.60. The molecule has 1 N–H and O–H groups in total. The molecule has 6 heteroatoms. The molecule has 0 amide bonds. The highest BCUT2D eigenvalue weighted by atomic mass is 19.1. The van der Waals surface area contributed by atoms with Crippen LogP contribution in [0.1, 0.15) is 53.4 Å². The molecule has 1 spiro atoms. The van der Waals surface area contributed by atoms with Gasteiger partial charge in [-0.15, -0.1) is 0 Å². The third kappa shape index (κ3) is 2.33. The van der Waals surface area contributed by atoms with Crippen molar-refractivity contribution in [3.05, 3.63) is 88.0 Å². The van der Waals surface area contributed by atoms with Crippen LogP contribution in [0.3, 0.4) is 0 Å². The molecule has 3 aromatic rings. The molecule has 2 heterocycles. The summed E-state index contributed by atoms with van der Waals surface area (Å²) in [6.07, 6.45) is 0. The molecule has 1 atom stereocenters. The molecule has 0 aromatic heterocycles. The predicted molar refractivity (Wildman–Crippen MR) is 105 cm³/mol. The van der Waals surface area contributed by atoms with Crippen LogP contribution >= 0.6 is 0 Å². The Morgan fingerprint density at radius 2 is 1.53 bits per heavy atom. The minimum absolute atomic E-state index is 0.136. The first-order valence-electron chi connectivity index (χ1n) is 9.51. The van der Waals surface area contributed by atoms with Gasteiger partial charge in [0.25, 0.3) is 0 Å². The van der Waals surface area contributed by atoms with Gasteiger partial charge in [-0.3, -0.25) is 0 Å². The number of ether oxygens (including phenoxy) is 2. The summed E-state index contributed by atoms with van der Waals surface area (Å²) < 4.78 is 41.4. The second kappa shape index (κ2) is 5.81. The van der Waals surface area contributed by atoms with E-state index < -0.39 is 34.4 Å². The van der Waals surface area contributed by atoms with Crippen molar-refractivity contribution >= 4 is 5.97 Å². The smallest absolute Gasteiger partial charge is 0.340 e. The van der Waals surface area contributed by atoms with Gasteiger partial charge < -0.3 is 14.6 Å². The number of fused-ring (bicyclic) bond motifs is 6. The fraction of sp³-hybridized carbons (Fsp3) is 0.208. The summed E-state index contributed by atoms with van der Waals surface area (Å²) in [6.45, 7) is 5.61. The number of phenolic OH excluding ortho intramolecular Hbond substituents is 1. The summed E-state index contributed by atoms with van der Waals surface area (Å²) in [5.74, 6) is -2.15. The van der Waals surface area contributed by atoms with Crippen LogP contribution in [0, 0.1) is 11.6 Å². The van der Waals surface area contributed by atoms with Crippen LogP contribution in [0.4, 0.5) is 8.78 Å². The summed E-state index contributed by atoms with van der Waals surface area (Å²) >= 11 is 0. The minimum Gasteiger partial charge on any atom is -0.505 e. The first kappa shape index (κ1) is 18.6. The molecular weight excluding hydrogens is 390 g/mol. The largest absolute Gasteiger partial charge is 0.505 e. The standard InChI is InChI=1S/C24H18F2O4/c1-23(2,3)14-10-20-15(8-17(14)25)24(13-7-5-4-6-12(13)22(28)30-24)16-9-18(26)19(27)11-21(16)29-20/h4-11,27H,1-3H3. The van der Waals surface area contributed by atoms with Crippen LogP contribution < -0.4 is 4.74 Å². The van der Waals surface area contributed by atoms with Gasteiger partial charge in [-0.1, -0.05) is 39.0 Å². The molecule has 0 fully saturated rings. The number of halogens is 2. The number of esters is 1. The van der Waals surface area contributed by atoms with Crippen molar-refractivity contribution < 1.29 is 28.2 Å². The average molecular weight is 408 g/mol. The lowest BCUT2D eigenvalue weighted by molar-refractivity contribution is 0.0221. The maximum Gasteiger partial charge on any atom is 0.340 e. The van der Waals surface area contributed by atoms with E-state index in [0.717, 1.165) is 12.1 Å². The number of hydrogen-bond donors (Lipinski definition) is 1. The van der Waals surface area contributed by atoms with E-state index in [1.54, 1.807) is 30.3 Å². The molecule has 0 saturated heterocycles. The van der Waals surface area contributed by atoms with E-state index in [4.69, 9.17) is 9.47 Å². The first-order chi connectivity index (χ1) is 14.1. The molecule has 5 rings (SSSR count). The Labute approximate surface area is 171 Å². The lowest BCUT2D eigenvalue weighted by atomic mass is 9.76. The zero-order chi connectivity index (χ0) is 21.4. The monoisotopic (exact) mass is 408 g/mol. The molecule has 3 aromatic carbocycles. The zero-order valence-electron chi connectivity index (χ0n) is 16.5. The van der Waals surface area contributed by atoms with Crippen LogP contribution in [0.25, 0.3) is 0 Å². The number of benzene rings is 3. The molecule has 0 radical (unpaired) electrons. The normalized spacial score (nSPS) is 19.0. The highest BCUT2D eigenvalue weighted by Crippen LogP contribution is 2.57. The van der Waals surface area contributed by atoms with Crippen molar-refractivity contribution in [1.29, 1.82) is 0 Å². The van der Waals surface area contributed by atoms with Crippen molar-refractivity contribution in [2.24, 2.45) is 0 Å². The fourth-order valence-corrected chi connectivity index (χ4v) is 4.27. The molecule has 152 valence electrons. The molecule has 4 nitrogen and oxygen atoms in total. The summed E-state index contributed by atoms with van der Waals surface area (Å²) in [5.41, 5.74) is -0.439. The van der Waals surface area contributed by atoms with Gasteiger partial charge in [0.1, 0.15) is 17.3 Å². The highest BCUT2D eigenvalue weighted by molar-refractivity contribution is 5.97. The van der Waals surface area contributed by atoms with E-state index in [1.807, 2.05) is 20.8 Å². The van der Waals surface area contributed by atoms with Crippen molar-refractivity contribution in [2.45, 2.75) is 31.8 Å². The van der Waals surface area contributed by atoms with Crippen LogP contribution in [-0.4, -0.2) is 11.1 Å². The Morgan fingerprint density at radius 1 is 0.900 bits per heavy atom. The van der Waals surface area contributed by atoms with Gasteiger partial charge in [-0.25, -0.2) is 13.6 Å². The Hall–Kier alpha value is -3.41. The minimum atomic E-state index is -1.58. The fourth-order valence-electron chi connectivity index (χ4n) is 4.27. The van der Waals surface area contributed by atoms with Gasteiger partial charge in [-0.2, -0.15) is 0 Å². The quantitative estimate of drug-likeness (QED) is 0.497. The molecular formula is C24H18F2O4. The van der Waals surface area contributed by atoms with E-state index >= 15 is 4.39 Å². The van der Waals surface area contributed by atoms with Crippen LogP contribution in [0.5, 0.6) is 17.2 Å². The van der Waals surface area contributed by atoms with Gasteiger partial charge in [-0.05, 0) is 35.2 Å². The molecule has 2 aliphatic heterocycles. The summed E-state index contributed by atoms with van der Waals surface area (Å²) in [7, 11) is 0. The SMILES string of the molecule is CC(C)(C)c1cc2c(cc1F)C1(OC(=O)c3ccccc31)c1cc(F)c(O)cc1O2. The number of phenols is 1. The summed E-state index contributed by atoms with van der Waals surface area (Å²) in [5, 5.41) is 9.91. The summed E-state index contributed by atoms with van der Waals surface area (Å²) in [4.78, 5) is 12.7. The van der Waals surface area contributed by atoms with Crippen molar-refractivity contribution in [3.8, 4) is 17.2 Å². The van der Waals surface area contributed by atoms with E-state index in [1.165, 1.54) is 6.07 Å². The maximum absolute atomic E-state index is 15.2. The van der Waals surface area contributed by atoms with Crippen LogP contribution in [-0.2, 0) is 15.8 Å². The predicted octanol–water partition coefficient (Wildman–Crippen LogP) is 5.54. The zero-order valence-corrected chi connectivity index (χ0v) is 16.5. The number of aromatic hydroxyl groups is 1. The van der Waals surface area contributed by atoms with Gasteiger partial charge in [0.15, 0.2) is 17.2 Å². The molecule has 0 bridgehead atoms. The maximum atomic E-state index is 15.2. The Kier molecular flexibility index (Phi) is 3.61. The van der Waals surface area contributed by atoms with E-state index in [9.17, 15) is 14.3 Å². The highest BCUT2D eigenvalue weighted by Gasteiger charge is 2.54. The lowest BCUT2D eigenvalue weighted by Gasteiger charge is -2.37. The average Bonchev–Trinajstić information content (AvgIpc) is 2.97. The van der Waals surface area contributed by atoms with E-state index in [-0.39, 0.29) is 22.6 Å². The first-order valence-corrected chi connectivity index (χ1v) is 9.51. The Morgan fingerprint density at radius 3 is 2.23 bits per heavy atom. The van der Waals surface area contributed by atoms with E-state index in [2.05, 4.69) is 0 Å². The van der Waals surface area contributed by atoms with Crippen molar-refractivity contribution in [3.63, 3.8) is 0 Å².